The lowest BCUT2D eigenvalue weighted by atomic mass is 10.2. The molecular weight excluding hydrogens is 226 g/mol. The Labute approximate surface area is 101 Å². The zero-order valence-electron chi connectivity index (χ0n) is 9.55. The van der Waals surface area contributed by atoms with Gasteiger partial charge < -0.3 is 10.1 Å². The Hall–Kier alpha value is -1.22. The molecule has 4 heteroatoms. The molecule has 1 aromatic carbocycles. The molecule has 0 unspecified atom stereocenters. The summed E-state index contributed by atoms with van der Waals surface area (Å²) in [6, 6.07) is 5.61. The highest BCUT2D eigenvalue weighted by Gasteiger charge is 2.01. The van der Waals surface area contributed by atoms with Gasteiger partial charge in [-0.15, -0.1) is 0 Å². The topological polar surface area (TPSA) is 38.3 Å². The number of hydrogen-bond donors (Lipinski definition) is 1. The second-order valence-corrected chi connectivity index (χ2v) is 3.89. The van der Waals surface area contributed by atoms with Crippen LogP contribution < -0.4 is 10.1 Å². The molecule has 1 aromatic rings. The highest BCUT2D eigenvalue weighted by Crippen LogP contribution is 2.24. The summed E-state index contributed by atoms with van der Waals surface area (Å²) in [6.07, 6.45) is 0.491. The molecule has 3 nitrogen and oxygen atoms in total. The molecule has 1 N–H and O–H groups in total. The van der Waals surface area contributed by atoms with Crippen LogP contribution in [-0.4, -0.2) is 19.1 Å². The largest absolute Gasteiger partial charge is 0.490 e. The summed E-state index contributed by atoms with van der Waals surface area (Å²) < 4.78 is 5.47. The maximum atomic E-state index is 11.0. The molecule has 0 bridgehead atoms. The Morgan fingerprint density at radius 3 is 2.94 bits per heavy atom. The quantitative estimate of drug-likeness (QED) is 0.805. The molecule has 0 aromatic heterocycles. The van der Waals surface area contributed by atoms with Crippen molar-refractivity contribution >= 4 is 17.5 Å². The molecular formula is C12H16ClNO2. The number of ether oxygens (including phenoxy) is 1. The maximum absolute atomic E-state index is 11.0. The molecule has 0 aliphatic rings. The van der Waals surface area contributed by atoms with Crippen molar-refractivity contribution < 1.29 is 9.53 Å². The average molecular weight is 242 g/mol. The van der Waals surface area contributed by atoms with Crippen molar-refractivity contribution in [2.24, 2.45) is 0 Å². The van der Waals surface area contributed by atoms with Crippen molar-refractivity contribution in [2.45, 2.75) is 20.3 Å². The van der Waals surface area contributed by atoms with Gasteiger partial charge in [0.25, 0.3) is 0 Å². The lowest BCUT2D eigenvalue weighted by Gasteiger charge is -2.09. The molecule has 0 radical (unpaired) electrons. The van der Waals surface area contributed by atoms with Gasteiger partial charge in [-0.05, 0) is 24.6 Å². The number of rotatable bonds is 5. The van der Waals surface area contributed by atoms with Crippen LogP contribution in [0.3, 0.4) is 0 Å². The van der Waals surface area contributed by atoms with Crippen LogP contribution in [0, 0.1) is 6.92 Å². The highest BCUT2D eigenvalue weighted by molar-refractivity contribution is 6.32. The molecule has 88 valence electrons. The first-order valence-electron chi connectivity index (χ1n) is 5.29. The summed E-state index contributed by atoms with van der Waals surface area (Å²) in [5, 5.41) is 3.32. The Kier molecular flexibility index (Phi) is 5.12. The van der Waals surface area contributed by atoms with Crippen LogP contribution in [0.5, 0.6) is 5.75 Å². The minimum atomic E-state index is 0.0268. The summed E-state index contributed by atoms with van der Waals surface area (Å²) in [5.41, 5.74) is 1.09. The van der Waals surface area contributed by atoms with Gasteiger partial charge in [-0.3, -0.25) is 4.79 Å². The lowest BCUT2D eigenvalue weighted by Crippen LogP contribution is -2.27. The highest BCUT2D eigenvalue weighted by atomic mass is 35.5. The zero-order valence-corrected chi connectivity index (χ0v) is 10.3. The monoisotopic (exact) mass is 241 g/mol. The first-order valence-corrected chi connectivity index (χ1v) is 5.67. The van der Waals surface area contributed by atoms with Crippen LogP contribution in [0.1, 0.15) is 18.9 Å². The number of benzene rings is 1. The van der Waals surface area contributed by atoms with Crippen LogP contribution in [0.25, 0.3) is 0 Å². The third kappa shape index (κ3) is 4.11. The van der Waals surface area contributed by atoms with Crippen molar-refractivity contribution in [1.82, 2.24) is 5.32 Å². The number of hydrogen-bond acceptors (Lipinski definition) is 2. The van der Waals surface area contributed by atoms with E-state index in [-0.39, 0.29) is 5.91 Å². The van der Waals surface area contributed by atoms with Crippen molar-refractivity contribution in [3.63, 3.8) is 0 Å². The van der Waals surface area contributed by atoms with Gasteiger partial charge in [0.05, 0.1) is 11.6 Å². The summed E-state index contributed by atoms with van der Waals surface area (Å²) >= 11 is 5.95. The molecule has 1 rings (SSSR count). The Balaban J connectivity index is 2.37. The Morgan fingerprint density at radius 2 is 2.25 bits per heavy atom. The van der Waals surface area contributed by atoms with E-state index in [0.29, 0.717) is 30.3 Å². The number of aryl methyl sites for hydroxylation is 1. The van der Waals surface area contributed by atoms with Gasteiger partial charge in [0.1, 0.15) is 12.4 Å². The smallest absolute Gasteiger partial charge is 0.219 e. The minimum Gasteiger partial charge on any atom is -0.490 e. The summed E-state index contributed by atoms with van der Waals surface area (Å²) in [5.74, 6) is 0.686. The minimum absolute atomic E-state index is 0.0268. The van der Waals surface area contributed by atoms with Gasteiger partial charge in [-0.1, -0.05) is 24.6 Å². The van der Waals surface area contributed by atoms with E-state index in [2.05, 4.69) is 5.32 Å². The number of carbonyl (C=O) groups is 1. The molecule has 0 heterocycles. The second kappa shape index (κ2) is 6.38. The second-order valence-electron chi connectivity index (χ2n) is 3.49. The SMILES string of the molecule is CCC(=O)NCCOc1cc(C)ccc1Cl. The fourth-order valence-electron chi connectivity index (χ4n) is 1.20. The van der Waals surface area contributed by atoms with Crippen molar-refractivity contribution in [1.29, 1.82) is 0 Å². The first-order chi connectivity index (χ1) is 7.63. The summed E-state index contributed by atoms with van der Waals surface area (Å²) in [7, 11) is 0. The number of nitrogens with one attached hydrogen (secondary N) is 1. The van der Waals surface area contributed by atoms with Gasteiger partial charge in [-0.25, -0.2) is 0 Å². The van der Waals surface area contributed by atoms with Gasteiger partial charge in [0.15, 0.2) is 0 Å². The van der Waals surface area contributed by atoms with Crippen LogP contribution in [0.4, 0.5) is 0 Å². The fraction of sp³-hybridized carbons (Fsp3) is 0.417. The van der Waals surface area contributed by atoms with Crippen molar-refractivity contribution in [3.8, 4) is 5.75 Å². The van der Waals surface area contributed by atoms with E-state index in [4.69, 9.17) is 16.3 Å². The van der Waals surface area contributed by atoms with E-state index in [0.717, 1.165) is 5.56 Å². The van der Waals surface area contributed by atoms with Crippen molar-refractivity contribution in [2.75, 3.05) is 13.2 Å². The first kappa shape index (κ1) is 12.8. The van der Waals surface area contributed by atoms with E-state index in [9.17, 15) is 4.79 Å². The molecule has 0 aliphatic carbocycles. The van der Waals surface area contributed by atoms with E-state index in [1.54, 1.807) is 6.07 Å². The lowest BCUT2D eigenvalue weighted by molar-refractivity contribution is -0.120. The van der Waals surface area contributed by atoms with Crippen LogP contribution in [0.2, 0.25) is 5.02 Å². The normalized spacial score (nSPS) is 9.94. The molecule has 0 saturated carbocycles. The Bertz CT molecular complexity index is 366. The maximum Gasteiger partial charge on any atom is 0.219 e. The molecule has 0 saturated heterocycles. The molecule has 0 fully saturated rings. The number of carbonyl (C=O) groups excluding carboxylic acids is 1. The molecule has 1 amide bonds. The predicted octanol–water partition coefficient (Wildman–Crippen LogP) is 2.55. The zero-order chi connectivity index (χ0) is 12.0. The summed E-state index contributed by atoms with van der Waals surface area (Å²) in [4.78, 5) is 11.0. The van der Waals surface area contributed by atoms with Gasteiger partial charge in [0, 0.05) is 6.42 Å². The van der Waals surface area contributed by atoms with E-state index < -0.39 is 0 Å². The van der Waals surface area contributed by atoms with Gasteiger partial charge >= 0.3 is 0 Å². The van der Waals surface area contributed by atoms with Gasteiger partial charge in [0.2, 0.25) is 5.91 Å². The number of amides is 1. The molecule has 0 spiro atoms. The van der Waals surface area contributed by atoms with Crippen LogP contribution >= 0.6 is 11.6 Å². The van der Waals surface area contributed by atoms with Crippen molar-refractivity contribution in [3.05, 3.63) is 28.8 Å². The van der Waals surface area contributed by atoms with Crippen LogP contribution in [-0.2, 0) is 4.79 Å². The standard InChI is InChI=1S/C12H16ClNO2/c1-3-12(15)14-6-7-16-11-8-9(2)4-5-10(11)13/h4-5,8H,3,6-7H2,1-2H3,(H,14,15). The Morgan fingerprint density at radius 1 is 1.50 bits per heavy atom. The molecule has 0 aliphatic heterocycles. The van der Waals surface area contributed by atoms with Crippen LogP contribution in [0.15, 0.2) is 18.2 Å². The molecule has 0 atom stereocenters. The van der Waals surface area contributed by atoms with E-state index >= 15 is 0 Å². The van der Waals surface area contributed by atoms with Gasteiger partial charge in [-0.2, -0.15) is 0 Å². The molecule has 16 heavy (non-hydrogen) atoms. The number of halogens is 1. The van der Waals surface area contributed by atoms with E-state index in [1.807, 2.05) is 26.0 Å². The summed E-state index contributed by atoms with van der Waals surface area (Å²) in [6.45, 7) is 4.71. The predicted molar refractivity (Wildman–Crippen MR) is 65.0 cm³/mol. The van der Waals surface area contributed by atoms with E-state index in [1.165, 1.54) is 0 Å². The average Bonchev–Trinajstić information content (AvgIpc) is 2.28. The third-order valence-corrected chi connectivity index (χ3v) is 2.40. The fourth-order valence-corrected chi connectivity index (χ4v) is 1.37. The third-order valence-electron chi connectivity index (χ3n) is 2.09.